The minimum Gasteiger partial charge on any atom is -0.365 e. The molecule has 0 spiro atoms. The summed E-state index contributed by atoms with van der Waals surface area (Å²) < 4.78 is 1.49. The minimum absolute atomic E-state index is 0.0776. The molecular weight excluding hydrogens is 296 g/mol. The molecule has 2 amide bonds. The number of anilines is 1. The maximum Gasteiger partial charge on any atom is 0.252 e. The number of aromatic nitrogens is 3. The summed E-state index contributed by atoms with van der Waals surface area (Å²) in [5.74, 6) is -0.848. The first-order chi connectivity index (χ1) is 11.1. The normalized spacial score (nSPS) is 10.7. The van der Waals surface area contributed by atoms with Crippen LogP contribution in [0.4, 0.5) is 5.69 Å². The zero-order chi connectivity index (χ0) is 16.4. The summed E-state index contributed by atoms with van der Waals surface area (Å²) in [4.78, 5) is 26.6. The first-order valence-electron chi connectivity index (χ1n) is 6.76. The van der Waals surface area contributed by atoms with Gasteiger partial charge in [0.05, 0.1) is 17.8 Å². The molecular formula is C15H13N6O2. The van der Waals surface area contributed by atoms with Gasteiger partial charge in [-0.05, 0) is 24.3 Å². The van der Waals surface area contributed by atoms with E-state index in [9.17, 15) is 9.59 Å². The predicted molar refractivity (Wildman–Crippen MR) is 83.5 cm³/mol. The quantitative estimate of drug-likeness (QED) is 0.634. The summed E-state index contributed by atoms with van der Waals surface area (Å²) in [5.41, 5.74) is 13.4. The Bertz CT molecular complexity index is 885. The molecule has 1 aromatic carbocycles. The largest absolute Gasteiger partial charge is 0.365 e. The topological polar surface area (TPSA) is 128 Å². The van der Waals surface area contributed by atoms with Gasteiger partial charge in [0.1, 0.15) is 0 Å². The molecule has 115 valence electrons. The van der Waals surface area contributed by atoms with Crippen LogP contribution in [0, 0.1) is 6.33 Å². The van der Waals surface area contributed by atoms with E-state index in [4.69, 9.17) is 11.5 Å². The number of nitrogens with zero attached hydrogens (tertiary/aromatic N) is 3. The van der Waals surface area contributed by atoms with Crippen LogP contribution in [-0.2, 0) is 4.79 Å². The fourth-order valence-corrected chi connectivity index (χ4v) is 2.21. The summed E-state index contributed by atoms with van der Waals surface area (Å²) >= 11 is 0. The predicted octanol–water partition coefficient (Wildman–Crippen LogP) is 0.193. The monoisotopic (exact) mass is 309 g/mol. The molecule has 2 aromatic heterocycles. The number of carbonyl (C=O) groups is 2. The highest BCUT2D eigenvalue weighted by molar-refractivity contribution is 5.99. The molecule has 0 saturated carbocycles. The van der Waals surface area contributed by atoms with Gasteiger partial charge in [-0.2, -0.15) is 0 Å². The molecule has 0 saturated heterocycles. The Balaban J connectivity index is 2.01. The van der Waals surface area contributed by atoms with E-state index in [2.05, 4.69) is 21.7 Å². The van der Waals surface area contributed by atoms with Crippen LogP contribution < -0.4 is 16.8 Å². The van der Waals surface area contributed by atoms with E-state index in [0.717, 1.165) is 11.3 Å². The van der Waals surface area contributed by atoms with Gasteiger partial charge in [-0.3, -0.25) is 9.59 Å². The average Bonchev–Trinajstić information content (AvgIpc) is 3.04. The van der Waals surface area contributed by atoms with E-state index < -0.39 is 5.91 Å². The van der Waals surface area contributed by atoms with E-state index in [1.807, 2.05) is 12.1 Å². The number of nitrogens with one attached hydrogen (secondary N) is 1. The van der Waals surface area contributed by atoms with Crippen molar-refractivity contribution < 1.29 is 9.59 Å². The van der Waals surface area contributed by atoms with Gasteiger partial charge in [-0.25, -0.2) is 9.50 Å². The number of primary amides is 1. The van der Waals surface area contributed by atoms with Crippen LogP contribution in [0.1, 0.15) is 10.4 Å². The van der Waals surface area contributed by atoms with Crippen molar-refractivity contribution in [2.24, 2.45) is 11.5 Å². The third kappa shape index (κ3) is 2.74. The molecule has 5 N–H and O–H groups in total. The van der Waals surface area contributed by atoms with Gasteiger partial charge in [0.2, 0.25) is 12.2 Å². The lowest BCUT2D eigenvalue weighted by molar-refractivity contribution is -0.114. The summed E-state index contributed by atoms with van der Waals surface area (Å²) in [6, 6.07) is 10.4. The Kier molecular flexibility index (Phi) is 3.73. The van der Waals surface area contributed by atoms with Crippen LogP contribution in [0.3, 0.4) is 0 Å². The second-order valence-electron chi connectivity index (χ2n) is 4.77. The molecule has 0 unspecified atom stereocenters. The van der Waals surface area contributed by atoms with E-state index in [1.54, 1.807) is 24.3 Å². The van der Waals surface area contributed by atoms with Crippen LogP contribution in [0.5, 0.6) is 0 Å². The lowest BCUT2D eigenvalue weighted by Gasteiger charge is -2.08. The third-order valence-corrected chi connectivity index (χ3v) is 3.29. The molecule has 0 aliphatic carbocycles. The molecule has 2 heterocycles. The number of pyridine rings is 1. The molecule has 8 nitrogen and oxygen atoms in total. The average molecular weight is 309 g/mol. The Morgan fingerprint density at radius 3 is 2.57 bits per heavy atom. The highest BCUT2D eigenvalue weighted by atomic mass is 16.2. The molecule has 1 radical (unpaired) electrons. The molecule has 0 fully saturated rings. The second kappa shape index (κ2) is 5.85. The highest BCUT2D eigenvalue weighted by Gasteiger charge is 2.13. The fourth-order valence-electron chi connectivity index (χ4n) is 2.21. The van der Waals surface area contributed by atoms with Gasteiger partial charge in [0, 0.05) is 11.3 Å². The summed E-state index contributed by atoms with van der Waals surface area (Å²) in [6.07, 6.45) is 2.47. The maximum atomic E-state index is 11.4. The fraction of sp³-hybridized carbons (Fsp3) is 0.0667. The Hall–Kier alpha value is -3.26. The zero-order valence-corrected chi connectivity index (χ0v) is 12.0. The Morgan fingerprint density at radius 1 is 1.17 bits per heavy atom. The van der Waals surface area contributed by atoms with Crippen molar-refractivity contribution in [3.63, 3.8) is 0 Å². The van der Waals surface area contributed by atoms with Gasteiger partial charge in [0.25, 0.3) is 5.91 Å². The Labute approximate surface area is 131 Å². The minimum atomic E-state index is -0.581. The smallest absolute Gasteiger partial charge is 0.252 e. The molecule has 0 atom stereocenters. The van der Waals surface area contributed by atoms with Crippen LogP contribution in [0.15, 0.2) is 36.4 Å². The van der Waals surface area contributed by atoms with Crippen molar-refractivity contribution in [3.8, 4) is 11.3 Å². The van der Waals surface area contributed by atoms with Gasteiger partial charge >= 0.3 is 0 Å². The molecule has 0 aliphatic rings. The van der Waals surface area contributed by atoms with Crippen molar-refractivity contribution in [2.45, 2.75) is 0 Å². The number of amides is 2. The van der Waals surface area contributed by atoms with Gasteiger partial charge < -0.3 is 16.8 Å². The van der Waals surface area contributed by atoms with Gasteiger partial charge in [-0.1, -0.05) is 12.1 Å². The van der Waals surface area contributed by atoms with E-state index in [-0.39, 0.29) is 18.0 Å². The van der Waals surface area contributed by atoms with Crippen molar-refractivity contribution in [3.05, 3.63) is 48.3 Å². The molecule has 3 aromatic rings. The number of benzene rings is 1. The van der Waals surface area contributed by atoms with E-state index >= 15 is 0 Å². The van der Waals surface area contributed by atoms with Crippen LogP contribution in [0.25, 0.3) is 16.9 Å². The molecule has 3 rings (SSSR count). The van der Waals surface area contributed by atoms with E-state index in [1.165, 1.54) is 4.52 Å². The maximum absolute atomic E-state index is 11.4. The van der Waals surface area contributed by atoms with Crippen LogP contribution in [0.2, 0.25) is 0 Å². The second-order valence-corrected chi connectivity index (χ2v) is 4.77. The molecule has 0 bridgehead atoms. The lowest BCUT2D eigenvalue weighted by Crippen LogP contribution is -2.21. The SMILES string of the molecule is NCC(=O)Nc1ccc(-c2ccc(C(N)=O)c3n[c]nn23)cc1. The van der Waals surface area contributed by atoms with E-state index in [0.29, 0.717) is 11.3 Å². The van der Waals surface area contributed by atoms with Crippen LogP contribution in [-0.4, -0.2) is 33.0 Å². The van der Waals surface area contributed by atoms with Crippen molar-refractivity contribution >= 4 is 23.1 Å². The number of hydrogen-bond acceptors (Lipinski definition) is 5. The highest BCUT2D eigenvalue weighted by Crippen LogP contribution is 2.23. The first kappa shape index (κ1) is 14.7. The van der Waals surface area contributed by atoms with Crippen LogP contribution >= 0.6 is 0 Å². The van der Waals surface area contributed by atoms with Gasteiger partial charge in [0.15, 0.2) is 5.65 Å². The summed E-state index contributed by atoms with van der Waals surface area (Å²) in [6.45, 7) is -0.0776. The summed E-state index contributed by atoms with van der Waals surface area (Å²) in [7, 11) is 0. The van der Waals surface area contributed by atoms with Crippen molar-refractivity contribution in [1.29, 1.82) is 0 Å². The zero-order valence-electron chi connectivity index (χ0n) is 12.0. The van der Waals surface area contributed by atoms with Crippen molar-refractivity contribution in [2.75, 3.05) is 11.9 Å². The number of rotatable bonds is 4. The number of nitrogens with two attached hydrogens (primary N) is 2. The molecule has 8 heteroatoms. The number of hydrogen-bond donors (Lipinski definition) is 3. The van der Waals surface area contributed by atoms with Crippen molar-refractivity contribution in [1.82, 2.24) is 14.6 Å². The number of fused-ring (bicyclic) bond motifs is 1. The standard InChI is InChI=1S/C15H13N6O2/c16-7-13(22)20-10-3-1-9(2-4-10)12-6-5-11(14(17)23)15-18-8-19-21(12)15/h1-6H,7,16H2,(H2,17,23)(H,20,22). The lowest BCUT2D eigenvalue weighted by atomic mass is 10.1. The van der Waals surface area contributed by atoms with Gasteiger partial charge in [-0.15, -0.1) is 5.10 Å². The molecule has 0 aliphatic heterocycles. The first-order valence-corrected chi connectivity index (χ1v) is 6.76. The molecule has 23 heavy (non-hydrogen) atoms. The third-order valence-electron chi connectivity index (χ3n) is 3.29. The summed E-state index contributed by atoms with van der Waals surface area (Å²) in [5, 5.41) is 6.67. The Morgan fingerprint density at radius 2 is 1.91 bits per heavy atom. The number of carbonyl (C=O) groups excluding carboxylic acids is 2.